The largest absolute Gasteiger partial charge is 0.363 e. The summed E-state index contributed by atoms with van der Waals surface area (Å²) >= 11 is 6.64. The Balaban J connectivity index is 1.99. The van der Waals surface area contributed by atoms with Crippen molar-refractivity contribution in [3.05, 3.63) is 34.6 Å². The van der Waals surface area contributed by atoms with Crippen molar-refractivity contribution in [2.24, 2.45) is 0 Å². The minimum absolute atomic E-state index is 0.792. The third kappa shape index (κ3) is 2.96. The summed E-state index contributed by atoms with van der Waals surface area (Å²) in [5.74, 6) is 1.66. The summed E-state index contributed by atoms with van der Waals surface area (Å²) in [6.07, 6.45) is 0. The summed E-state index contributed by atoms with van der Waals surface area (Å²) < 4.78 is 5.38. The molecular formula is C10H10BrN3S2. The van der Waals surface area contributed by atoms with Gasteiger partial charge in [-0.2, -0.15) is 4.37 Å². The lowest BCUT2D eigenvalue weighted by Gasteiger charge is -2.00. The van der Waals surface area contributed by atoms with Crippen LogP contribution < -0.4 is 5.32 Å². The van der Waals surface area contributed by atoms with Crippen molar-refractivity contribution in [3.63, 3.8) is 0 Å². The van der Waals surface area contributed by atoms with Crippen molar-refractivity contribution >= 4 is 44.4 Å². The molecule has 0 radical (unpaired) electrons. The van der Waals surface area contributed by atoms with Gasteiger partial charge in [-0.1, -0.05) is 12.1 Å². The number of nitrogens with zero attached hydrogens (tertiary/aromatic N) is 2. The molecule has 0 saturated heterocycles. The molecule has 0 amide bonds. The molecule has 1 N–H and O–H groups in total. The monoisotopic (exact) mass is 315 g/mol. The smallest absolute Gasteiger partial charge is 0.202 e. The molecule has 3 nitrogen and oxygen atoms in total. The minimum atomic E-state index is 0.792. The number of benzene rings is 1. The van der Waals surface area contributed by atoms with Crippen LogP contribution in [0.15, 0.2) is 33.6 Å². The topological polar surface area (TPSA) is 37.8 Å². The highest BCUT2D eigenvalue weighted by atomic mass is 79.9. The number of hydrogen-bond acceptors (Lipinski definition) is 5. The van der Waals surface area contributed by atoms with Crippen LogP contribution in [-0.4, -0.2) is 16.4 Å². The molecule has 0 aliphatic heterocycles. The van der Waals surface area contributed by atoms with Crippen molar-refractivity contribution in [2.75, 3.05) is 12.4 Å². The van der Waals surface area contributed by atoms with Crippen LogP contribution in [0.25, 0.3) is 0 Å². The molecule has 16 heavy (non-hydrogen) atoms. The van der Waals surface area contributed by atoms with Gasteiger partial charge in [0.1, 0.15) is 0 Å². The van der Waals surface area contributed by atoms with Crippen LogP contribution in [0.5, 0.6) is 0 Å². The molecule has 1 aromatic heterocycles. The molecule has 1 aromatic carbocycles. The summed E-state index contributed by atoms with van der Waals surface area (Å²) in [6, 6.07) is 8.16. The molecule has 0 aliphatic rings. The van der Waals surface area contributed by atoms with Crippen molar-refractivity contribution in [1.29, 1.82) is 0 Å². The number of halogens is 1. The summed E-state index contributed by atoms with van der Waals surface area (Å²) in [4.78, 5) is 5.55. The Kier molecular flexibility index (Phi) is 4.20. The Morgan fingerprint density at radius 2 is 2.25 bits per heavy atom. The van der Waals surface area contributed by atoms with Gasteiger partial charge in [-0.05, 0) is 28.1 Å². The van der Waals surface area contributed by atoms with Gasteiger partial charge in [0, 0.05) is 27.9 Å². The normalized spacial score (nSPS) is 10.4. The van der Waals surface area contributed by atoms with Gasteiger partial charge in [0.15, 0.2) is 5.82 Å². The molecule has 2 aromatic rings. The molecule has 6 heteroatoms. The summed E-state index contributed by atoms with van der Waals surface area (Å²) in [7, 11) is 1.85. The molecule has 0 unspecified atom stereocenters. The zero-order chi connectivity index (χ0) is 11.4. The first-order chi connectivity index (χ1) is 7.79. The van der Waals surface area contributed by atoms with Crippen LogP contribution in [0.1, 0.15) is 5.82 Å². The quantitative estimate of drug-likeness (QED) is 0.874. The molecule has 0 bridgehead atoms. The standard InChI is InChI=1S/C10H10BrN3S2/c1-12-10-13-9(14-16-10)6-15-8-5-3-2-4-7(8)11/h2-5H,6H2,1H3,(H,12,13,14). The van der Waals surface area contributed by atoms with Gasteiger partial charge < -0.3 is 5.32 Å². The van der Waals surface area contributed by atoms with Crippen molar-refractivity contribution in [2.45, 2.75) is 10.6 Å². The number of anilines is 1. The van der Waals surface area contributed by atoms with Crippen molar-refractivity contribution in [1.82, 2.24) is 9.36 Å². The maximum Gasteiger partial charge on any atom is 0.202 e. The average molecular weight is 316 g/mol. The summed E-state index contributed by atoms with van der Waals surface area (Å²) in [6.45, 7) is 0. The maximum atomic E-state index is 4.33. The SMILES string of the molecule is CNc1nc(CSc2ccccc2Br)ns1. The zero-order valence-corrected chi connectivity index (χ0v) is 11.8. The molecule has 0 atom stereocenters. The van der Waals surface area contributed by atoms with Gasteiger partial charge in [-0.25, -0.2) is 4.98 Å². The van der Waals surface area contributed by atoms with E-state index in [1.54, 1.807) is 11.8 Å². The number of nitrogens with one attached hydrogen (secondary N) is 1. The lowest BCUT2D eigenvalue weighted by Crippen LogP contribution is -1.88. The predicted octanol–water partition coefficient (Wildman–Crippen LogP) is 3.63. The van der Waals surface area contributed by atoms with Crippen molar-refractivity contribution in [3.8, 4) is 0 Å². The van der Waals surface area contributed by atoms with Gasteiger partial charge in [-0.15, -0.1) is 11.8 Å². The van der Waals surface area contributed by atoms with Crippen LogP contribution >= 0.6 is 39.2 Å². The van der Waals surface area contributed by atoms with E-state index in [-0.39, 0.29) is 0 Å². The van der Waals surface area contributed by atoms with E-state index in [4.69, 9.17) is 0 Å². The van der Waals surface area contributed by atoms with E-state index < -0.39 is 0 Å². The number of aromatic nitrogens is 2. The van der Waals surface area contributed by atoms with Crippen LogP contribution in [0.4, 0.5) is 5.13 Å². The molecule has 2 rings (SSSR count). The van der Waals surface area contributed by atoms with E-state index in [0.29, 0.717) is 0 Å². The van der Waals surface area contributed by atoms with Gasteiger partial charge in [0.25, 0.3) is 0 Å². The molecule has 0 fully saturated rings. The van der Waals surface area contributed by atoms with Crippen LogP contribution in [-0.2, 0) is 5.75 Å². The summed E-state index contributed by atoms with van der Waals surface area (Å²) in [5, 5.41) is 3.85. The number of thioether (sulfide) groups is 1. The third-order valence-corrected chi connectivity index (χ3v) is 4.67. The number of hydrogen-bond donors (Lipinski definition) is 1. The fourth-order valence-electron chi connectivity index (χ4n) is 1.12. The van der Waals surface area contributed by atoms with Gasteiger partial charge in [0.05, 0.1) is 5.75 Å². The predicted molar refractivity (Wildman–Crippen MR) is 73.2 cm³/mol. The first-order valence-corrected chi connectivity index (χ1v) is 7.22. The van der Waals surface area contributed by atoms with E-state index in [2.05, 4.69) is 36.7 Å². The van der Waals surface area contributed by atoms with E-state index in [9.17, 15) is 0 Å². The van der Waals surface area contributed by atoms with Crippen molar-refractivity contribution < 1.29 is 0 Å². The lowest BCUT2D eigenvalue weighted by atomic mass is 10.4. The van der Waals surface area contributed by atoms with Gasteiger partial charge in [-0.3, -0.25) is 0 Å². The molecule has 0 saturated carbocycles. The highest BCUT2D eigenvalue weighted by Gasteiger charge is 2.04. The second kappa shape index (κ2) is 5.65. The average Bonchev–Trinajstić information content (AvgIpc) is 2.76. The minimum Gasteiger partial charge on any atom is -0.363 e. The molecular weight excluding hydrogens is 306 g/mol. The van der Waals surface area contributed by atoms with Gasteiger partial charge >= 0.3 is 0 Å². The van der Waals surface area contributed by atoms with E-state index in [0.717, 1.165) is 21.2 Å². The molecule has 0 spiro atoms. The molecule has 84 valence electrons. The second-order valence-electron chi connectivity index (χ2n) is 2.98. The molecule has 1 heterocycles. The first kappa shape index (κ1) is 11.9. The van der Waals surface area contributed by atoms with E-state index in [1.165, 1.54) is 16.4 Å². The summed E-state index contributed by atoms with van der Waals surface area (Å²) in [5.41, 5.74) is 0. The third-order valence-electron chi connectivity index (χ3n) is 1.88. The highest BCUT2D eigenvalue weighted by molar-refractivity contribution is 9.10. The van der Waals surface area contributed by atoms with Crippen LogP contribution in [0.3, 0.4) is 0 Å². The molecule has 0 aliphatic carbocycles. The Bertz CT molecular complexity index is 473. The van der Waals surface area contributed by atoms with E-state index in [1.807, 2.05) is 25.2 Å². The fourth-order valence-corrected chi connectivity index (χ4v) is 3.16. The fraction of sp³-hybridized carbons (Fsp3) is 0.200. The highest BCUT2D eigenvalue weighted by Crippen LogP contribution is 2.29. The zero-order valence-electron chi connectivity index (χ0n) is 8.61. The van der Waals surface area contributed by atoms with Gasteiger partial charge in [0.2, 0.25) is 5.13 Å². The first-order valence-electron chi connectivity index (χ1n) is 4.67. The second-order valence-corrected chi connectivity index (χ2v) is 5.61. The maximum absolute atomic E-state index is 4.33. The van der Waals surface area contributed by atoms with Crippen LogP contribution in [0.2, 0.25) is 0 Å². The Hall–Kier alpha value is -0.590. The number of rotatable bonds is 4. The lowest BCUT2D eigenvalue weighted by molar-refractivity contribution is 1.13. The Morgan fingerprint density at radius 3 is 2.94 bits per heavy atom. The van der Waals surface area contributed by atoms with Crippen LogP contribution in [0, 0.1) is 0 Å². The Labute approximate surface area is 111 Å². The Morgan fingerprint density at radius 1 is 1.44 bits per heavy atom. The van der Waals surface area contributed by atoms with E-state index >= 15 is 0 Å².